The van der Waals surface area contributed by atoms with Crippen LogP contribution in [0.25, 0.3) is 11.0 Å². The van der Waals surface area contributed by atoms with Crippen molar-refractivity contribution in [2.45, 2.75) is 50.3 Å². The number of halogens is 1. The summed E-state index contributed by atoms with van der Waals surface area (Å²) in [5.41, 5.74) is 3.13. The Morgan fingerprint density at radius 1 is 1.43 bits per heavy atom. The summed E-state index contributed by atoms with van der Waals surface area (Å²) in [7, 11) is 0. The number of pyridine rings is 2. The number of fused-ring (bicyclic) bond motifs is 1. The van der Waals surface area contributed by atoms with Gasteiger partial charge in [-0.3, -0.25) is 4.79 Å². The summed E-state index contributed by atoms with van der Waals surface area (Å²) in [6.45, 7) is 3.93. The van der Waals surface area contributed by atoms with E-state index in [1.54, 1.807) is 23.3 Å². The number of hydrogen-bond acceptors (Lipinski definition) is 6. The molecule has 0 bridgehead atoms. The second kappa shape index (κ2) is 5.99. The van der Waals surface area contributed by atoms with Crippen LogP contribution in [0.5, 0.6) is 0 Å². The standard InChI is InChI=1S/C19H23FN4O4/c1-18(2,21)19(28)5-6-23(9-19)16-13(20)7-11-14(25)12(17(26)27)8-24(10-3-4-10)15(11)22-16/h7-8,10,28H,3-6,9,21H2,1-2H3,(H,26,27). The van der Waals surface area contributed by atoms with Gasteiger partial charge in [-0.25, -0.2) is 14.2 Å². The number of hydrogen-bond donors (Lipinski definition) is 3. The zero-order valence-electron chi connectivity index (χ0n) is 15.8. The van der Waals surface area contributed by atoms with Gasteiger partial charge in [0.1, 0.15) is 16.8 Å². The van der Waals surface area contributed by atoms with E-state index >= 15 is 0 Å². The number of aromatic nitrogens is 2. The van der Waals surface area contributed by atoms with E-state index in [1.165, 1.54) is 6.20 Å². The fraction of sp³-hybridized carbons (Fsp3) is 0.526. The van der Waals surface area contributed by atoms with Gasteiger partial charge in [0.25, 0.3) is 0 Å². The molecular formula is C19H23FN4O4. The van der Waals surface area contributed by atoms with E-state index in [-0.39, 0.29) is 29.4 Å². The lowest BCUT2D eigenvalue weighted by Gasteiger charge is -2.36. The average Bonchev–Trinajstić information content (AvgIpc) is 3.35. The molecule has 150 valence electrons. The Morgan fingerprint density at radius 3 is 2.64 bits per heavy atom. The average molecular weight is 390 g/mol. The van der Waals surface area contributed by atoms with Gasteiger partial charge in [-0.1, -0.05) is 0 Å². The summed E-state index contributed by atoms with van der Waals surface area (Å²) in [5.74, 6) is -2.04. The van der Waals surface area contributed by atoms with Gasteiger partial charge in [-0.15, -0.1) is 0 Å². The zero-order chi connectivity index (χ0) is 20.4. The molecule has 1 saturated carbocycles. The number of nitrogens with two attached hydrogens (primary N) is 1. The number of aromatic carboxylic acids is 1. The number of anilines is 1. The Bertz CT molecular complexity index is 1040. The highest BCUT2D eigenvalue weighted by Gasteiger charge is 2.47. The van der Waals surface area contributed by atoms with E-state index in [9.17, 15) is 24.2 Å². The van der Waals surface area contributed by atoms with Crippen molar-refractivity contribution in [2.24, 2.45) is 5.73 Å². The molecule has 1 aliphatic heterocycles. The molecule has 1 saturated heterocycles. The zero-order valence-corrected chi connectivity index (χ0v) is 15.8. The van der Waals surface area contributed by atoms with Crippen LogP contribution in [0.4, 0.5) is 10.2 Å². The highest BCUT2D eigenvalue weighted by molar-refractivity contribution is 5.92. The first-order valence-corrected chi connectivity index (χ1v) is 9.27. The van der Waals surface area contributed by atoms with Crippen molar-refractivity contribution in [3.05, 3.63) is 33.9 Å². The predicted molar refractivity (Wildman–Crippen MR) is 101 cm³/mol. The first kappa shape index (κ1) is 18.8. The van der Waals surface area contributed by atoms with Crippen LogP contribution in [0.2, 0.25) is 0 Å². The van der Waals surface area contributed by atoms with Gasteiger partial charge in [-0.05, 0) is 39.2 Å². The maximum absolute atomic E-state index is 14.9. The summed E-state index contributed by atoms with van der Waals surface area (Å²) in [4.78, 5) is 29.9. The Morgan fingerprint density at radius 2 is 2.11 bits per heavy atom. The minimum Gasteiger partial charge on any atom is -0.477 e. The lowest BCUT2D eigenvalue weighted by molar-refractivity contribution is -0.000707. The number of carboxylic acids is 1. The molecule has 2 aliphatic rings. The molecule has 1 aliphatic carbocycles. The highest BCUT2D eigenvalue weighted by atomic mass is 19.1. The smallest absolute Gasteiger partial charge is 0.341 e. The van der Waals surface area contributed by atoms with Gasteiger partial charge in [0.15, 0.2) is 11.6 Å². The fourth-order valence-electron chi connectivity index (χ4n) is 3.74. The first-order valence-electron chi connectivity index (χ1n) is 9.27. The molecular weight excluding hydrogens is 367 g/mol. The predicted octanol–water partition coefficient (Wildman–Crippen LogP) is 1.25. The quantitative estimate of drug-likeness (QED) is 0.718. The Hall–Kier alpha value is -2.52. The van der Waals surface area contributed by atoms with Crippen LogP contribution in [-0.2, 0) is 0 Å². The van der Waals surface area contributed by atoms with Gasteiger partial charge in [-0.2, -0.15) is 0 Å². The molecule has 4 N–H and O–H groups in total. The normalized spacial score (nSPS) is 22.8. The van der Waals surface area contributed by atoms with E-state index in [4.69, 9.17) is 5.73 Å². The molecule has 9 heteroatoms. The molecule has 2 aromatic heterocycles. The van der Waals surface area contributed by atoms with E-state index in [0.717, 1.165) is 18.9 Å². The van der Waals surface area contributed by atoms with Crippen LogP contribution in [0.1, 0.15) is 49.5 Å². The first-order chi connectivity index (χ1) is 13.0. The number of aliphatic hydroxyl groups is 1. The van der Waals surface area contributed by atoms with Crippen molar-refractivity contribution < 1.29 is 19.4 Å². The maximum Gasteiger partial charge on any atom is 0.341 e. The van der Waals surface area contributed by atoms with E-state index in [1.807, 2.05) is 0 Å². The number of β-amino-alcohol motifs (C(OH)–C–C–N with tert-alkyl or cyclic N) is 1. The minimum atomic E-state index is -1.35. The molecule has 0 amide bonds. The topological polar surface area (TPSA) is 122 Å². The van der Waals surface area contributed by atoms with Crippen LogP contribution in [-0.4, -0.2) is 50.0 Å². The van der Waals surface area contributed by atoms with Gasteiger partial charge >= 0.3 is 5.97 Å². The molecule has 0 aromatic carbocycles. The van der Waals surface area contributed by atoms with E-state index in [0.29, 0.717) is 13.0 Å². The molecule has 1 atom stereocenters. The summed E-state index contributed by atoms with van der Waals surface area (Å²) in [6.07, 6.45) is 3.35. The molecule has 3 heterocycles. The van der Waals surface area contributed by atoms with Crippen LogP contribution in [0, 0.1) is 5.82 Å². The molecule has 8 nitrogen and oxygen atoms in total. The number of rotatable bonds is 4. The van der Waals surface area contributed by atoms with Gasteiger partial charge in [0.05, 0.1) is 11.9 Å². The monoisotopic (exact) mass is 390 g/mol. The Labute approximate surface area is 160 Å². The maximum atomic E-state index is 14.9. The van der Waals surface area contributed by atoms with Crippen molar-refractivity contribution in [3.63, 3.8) is 0 Å². The number of carboxylic acid groups (broad SMARTS) is 1. The summed E-state index contributed by atoms with van der Waals surface area (Å²) < 4.78 is 16.5. The molecule has 0 spiro atoms. The molecule has 2 aromatic rings. The van der Waals surface area contributed by atoms with Crippen LogP contribution >= 0.6 is 0 Å². The third-order valence-electron chi connectivity index (χ3n) is 5.86. The molecule has 0 radical (unpaired) electrons. The third kappa shape index (κ3) is 2.85. The second-order valence-corrected chi connectivity index (χ2v) is 8.41. The Balaban J connectivity index is 1.85. The van der Waals surface area contributed by atoms with Crippen LogP contribution < -0.4 is 16.1 Å². The molecule has 4 rings (SSSR count). The van der Waals surface area contributed by atoms with E-state index in [2.05, 4.69) is 4.98 Å². The van der Waals surface area contributed by atoms with Crippen LogP contribution in [0.3, 0.4) is 0 Å². The fourth-order valence-corrected chi connectivity index (χ4v) is 3.74. The highest BCUT2D eigenvalue weighted by Crippen LogP contribution is 2.38. The number of nitrogens with zero attached hydrogens (tertiary/aromatic N) is 3. The van der Waals surface area contributed by atoms with Crippen molar-refractivity contribution in [1.82, 2.24) is 9.55 Å². The van der Waals surface area contributed by atoms with Gasteiger partial charge in [0, 0.05) is 24.3 Å². The molecule has 1 unspecified atom stereocenters. The third-order valence-corrected chi connectivity index (χ3v) is 5.86. The molecule has 2 fully saturated rings. The summed E-state index contributed by atoms with van der Waals surface area (Å²) in [6, 6.07) is 1.10. The summed E-state index contributed by atoms with van der Waals surface area (Å²) in [5, 5.41) is 20.1. The van der Waals surface area contributed by atoms with E-state index < -0.39 is 33.9 Å². The lowest BCUT2D eigenvalue weighted by Crippen LogP contribution is -2.58. The summed E-state index contributed by atoms with van der Waals surface area (Å²) >= 11 is 0. The SMILES string of the molecule is CC(C)(N)C1(O)CCN(c2nc3c(cc2F)c(=O)c(C(=O)O)cn3C2CC2)C1. The van der Waals surface area contributed by atoms with Crippen molar-refractivity contribution in [2.75, 3.05) is 18.0 Å². The van der Waals surface area contributed by atoms with Gasteiger partial charge < -0.3 is 25.4 Å². The van der Waals surface area contributed by atoms with Crippen molar-refractivity contribution >= 4 is 22.8 Å². The Kier molecular flexibility index (Phi) is 4.03. The van der Waals surface area contributed by atoms with Crippen molar-refractivity contribution in [3.8, 4) is 0 Å². The van der Waals surface area contributed by atoms with Crippen molar-refractivity contribution in [1.29, 1.82) is 0 Å². The van der Waals surface area contributed by atoms with Crippen LogP contribution in [0.15, 0.2) is 17.1 Å². The molecule has 28 heavy (non-hydrogen) atoms. The largest absolute Gasteiger partial charge is 0.477 e. The lowest BCUT2D eigenvalue weighted by atomic mass is 9.83. The number of carbonyl (C=O) groups is 1. The minimum absolute atomic E-state index is 0.0320. The van der Waals surface area contributed by atoms with Gasteiger partial charge in [0.2, 0.25) is 5.43 Å². The second-order valence-electron chi connectivity index (χ2n) is 8.41.